The number of hydrogen-bond donors (Lipinski definition) is 1. The molecule has 1 fully saturated rings. The second-order valence-corrected chi connectivity index (χ2v) is 9.39. The number of rotatable bonds is 7. The molecule has 0 unspecified atom stereocenters. The Hall–Kier alpha value is -2.45. The van der Waals surface area contributed by atoms with E-state index in [2.05, 4.69) is 76.9 Å². The molecule has 0 amide bonds. The summed E-state index contributed by atoms with van der Waals surface area (Å²) in [5, 5.41) is 15.1. The largest absolute Gasteiger partial charge is 0.497 e. The summed E-state index contributed by atoms with van der Waals surface area (Å²) < 4.78 is 7.44. The molecular weight excluding hydrogens is 396 g/mol. The molecule has 7 nitrogen and oxygen atoms in total. The summed E-state index contributed by atoms with van der Waals surface area (Å²) in [4.78, 5) is 5.28. The van der Waals surface area contributed by atoms with Gasteiger partial charge in [0.15, 0.2) is 6.04 Å². The van der Waals surface area contributed by atoms with E-state index in [4.69, 9.17) is 4.74 Å². The first-order valence-corrected chi connectivity index (χ1v) is 11.5. The quantitative estimate of drug-likeness (QED) is 0.627. The highest BCUT2D eigenvalue weighted by Gasteiger charge is 2.37. The van der Waals surface area contributed by atoms with E-state index in [1.807, 2.05) is 10.7 Å². The minimum absolute atomic E-state index is 0.115. The average molecular weight is 428 g/mol. The number of anilines is 1. The number of piperazine rings is 1. The Morgan fingerprint density at radius 2 is 2.00 bits per heavy atom. The highest BCUT2D eigenvalue weighted by atomic mass is 32.1. The molecule has 1 aliphatic heterocycles. The Labute approximate surface area is 182 Å². The number of methoxy groups -OCH3 is 1. The first-order valence-electron chi connectivity index (χ1n) is 10.6. The molecule has 0 bridgehead atoms. The Morgan fingerprint density at radius 3 is 2.67 bits per heavy atom. The number of hydrogen-bond acceptors (Lipinski definition) is 6. The molecule has 8 heteroatoms. The fraction of sp³-hybridized carbons (Fsp3) is 0.500. The number of aromatic nitrogens is 4. The Kier molecular flexibility index (Phi) is 6.06. The van der Waals surface area contributed by atoms with Gasteiger partial charge in [0.25, 0.3) is 0 Å². The molecule has 3 heterocycles. The van der Waals surface area contributed by atoms with Crippen LogP contribution >= 0.6 is 11.3 Å². The molecule has 30 heavy (non-hydrogen) atoms. The zero-order valence-electron chi connectivity index (χ0n) is 18.2. The predicted octanol–water partition coefficient (Wildman–Crippen LogP) is 2.38. The van der Waals surface area contributed by atoms with Crippen LogP contribution in [0.25, 0.3) is 0 Å². The van der Waals surface area contributed by atoms with Gasteiger partial charge in [-0.25, -0.2) is 4.68 Å². The topological polar surface area (TPSA) is 60.5 Å². The maximum atomic E-state index is 5.40. The molecule has 1 aromatic carbocycles. The van der Waals surface area contributed by atoms with Crippen LogP contribution in [0.3, 0.4) is 0 Å². The van der Waals surface area contributed by atoms with E-state index in [9.17, 15) is 0 Å². The van der Waals surface area contributed by atoms with E-state index in [0.29, 0.717) is 0 Å². The Morgan fingerprint density at radius 1 is 1.20 bits per heavy atom. The van der Waals surface area contributed by atoms with Crippen molar-refractivity contribution in [2.45, 2.75) is 38.8 Å². The monoisotopic (exact) mass is 427 g/mol. The molecule has 2 aromatic heterocycles. The van der Waals surface area contributed by atoms with Crippen LogP contribution in [0.15, 0.2) is 41.8 Å². The van der Waals surface area contributed by atoms with Crippen LogP contribution in [-0.4, -0.2) is 53.5 Å². The third-order valence-corrected chi connectivity index (χ3v) is 7.19. The second kappa shape index (κ2) is 8.73. The van der Waals surface area contributed by atoms with Crippen molar-refractivity contribution in [3.8, 4) is 5.75 Å². The minimum atomic E-state index is -0.115. The van der Waals surface area contributed by atoms with Crippen LogP contribution in [0.1, 0.15) is 43.9 Å². The highest BCUT2D eigenvalue weighted by molar-refractivity contribution is 7.10. The minimum Gasteiger partial charge on any atom is -0.497 e. The number of nitrogens with zero attached hydrogens (tertiary/aromatic N) is 5. The SMILES string of the molecule is CCC(C)(C)n1nnnc1[C@H](c1cccs1)[NH+]1CCN(c2cccc(OC)c2)CC1. The fourth-order valence-corrected chi connectivity index (χ4v) is 4.95. The van der Waals surface area contributed by atoms with Crippen LogP contribution in [0.2, 0.25) is 0 Å². The molecule has 1 saturated heterocycles. The number of tetrazole rings is 1. The summed E-state index contributed by atoms with van der Waals surface area (Å²) in [5.41, 5.74) is 1.11. The van der Waals surface area contributed by atoms with Crippen molar-refractivity contribution in [1.82, 2.24) is 20.2 Å². The van der Waals surface area contributed by atoms with E-state index in [0.717, 1.165) is 44.2 Å². The zero-order valence-corrected chi connectivity index (χ0v) is 19.0. The number of nitrogens with one attached hydrogen (secondary N) is 1. The van der Waals surface area contributed by atoms with Gasteiger partial charge in [-0.3, -0.25) is 0 Å². The van der Waals surface area contributed by atoms with Crippen molar-refractivity contribution in [3.63, 3.8) is 0 Å². The molecule has 160 valence electrons. The summed E-state index contributed by atoms with van der Waals surface area (Å²) in [7, 11) is 1.72. The van der Waals surface area contributed by atoms with Crippen LogP contribution in [0, 0.1) is 0 Å². The van der Waals surface area contributed by atoms with Gasteiger partial charge in [0, 0.05) is 11.8 Å². The zero-order chi connectivity index (χ0) is 21.1. The first-order chi connectivity index (χ1) is 14.5. The molecule has 0 saturated carbocycles. The van der Waals surface area contributed by atoms with E-state index in [1.165, 1.54) is 15.5 Å². The standard InChI is InChI=1S/C22H30N6OS/c1-5-22(2,3)28-21(23-24-25-28)20(19-10-7-15-30-19)27-13-11-26(12-14-27)17-8-6-9-18(16-17)29-4/h6-10,15-16,20H,5,11-14H2,1-4H3/p+1/t20-/m0/s1. The number of ether oxygens (including phenoxy) is 1. The van der Waals surface area contributed by atoms with Gasteiger partial charge in [0.1, 0.15) is 5.75 Å². The third-order valence-electron chi connectivity index (χ3n) is 6.25. The van der Waals surface area contributed by atoms with Crippen molar-refractivity contribution < 1.29 is 9.64 Å². The molecule has 0 aliphatic carbocycles. The van der Waals surface area contributed by atoms with Crippen molar-refractivity contribution >= 4 is 17.0 Å². The Bertz CT molecular complexity index is 946. The molecular formula is C22H31N6OS+. The van der Waals surface area contributed by atoms with Crippen LogP contribution in [0.4, 0.5) is 5.69 Å². The van der Waals surface area contributed by atoms with Crippen LogP contribution < -0.4 is 14.5 Å². The maximum Gasteiger partial charge on any atom is 0.215 e. The predicted molar refractivity (Wildman–Crippen MR) is 119 cm³/mol. The number of benzene rings is 1. The number of quaternary nitrogens is 1. The molecule has 1 N–H and O–H groups in total. The summed E-state index contributed by atoms with van der Waals surface area (Å²) in [6.45, 7) is 10.6. The molecule has 3 aromatic rings. The normalized spacial score (nSPS) is 16.6. The lowest BCUT2D eigenvalue weighted by Gasteiger charge is -2.37. The lowest BCUT2D eigenvalue weighted by Crippen LogP contribution is -3.15. The molecule has 4 rings (SSSR count). The second-order valence-electron chi connectivity index (χ2n) is 8.41. The summed E-state index contributed by atoms with van der Waals surface area (Å²) >= 11 is 1.79. The van der Waals surface area contributed by atoms with Crippen molar-refractivity contribution in [3.05, 3.63) is 52.5 Å². The third kappa shape index (κ3) is 4.06. The van der Waals surface area contributed by atoms with Gasteiger partial charge in [-0.1, -0.05) is 19.1 Å². The molecule has 0 radical (unpaired) electrons. The van der Waals surface area contributed by atoms with Crippen LogP contribution in [0.5, 0.6) is 5.75 Å². The summed E-state index contributed by atoms with van der Waals surface area (Å²) in [6.07, 6.45) is 0.973. The smallest absolute Gasteiger partial charge is 0.215 e. The maximum absolute atomic E-state index is 5.40. The van der Waals surface area contributed by atoms with Gasteiger partial charge in [-0.05, 0) is 54.3 Å². The number of thiophene rings is 1. The van der Waals surface area contributed by atoms with Gasteiger partial charge in [-0.2, -0.15) is 0 Å². The summed E-state index contributed by atoms with van der Waals surface area (Å²) in [5.74, 6) is 1.87. The molecule has 0 spiro atoms. The highest BCUT2D eigenvalue weighted by Crippen LogP contribution is 2.27. The van der Waals surface area contributed by atoms with Crippen molar-refractivity contribution in [1.29, 1.82) is 0 Å². The lowest BCUT2D eigenvalue weighted by atomic mass is 10.0. The van der Waals surface area contributed by atoms with E-state index < -0.39 is 0 Å². The van der Waals surface area contributed by atoms with Crippen molar-refractivity contribution in [2.75, 3.05) is 38.2 Å². The van der Waals surface area contributed by atoms with E-state index in [1.54, 1.807) is 18.4 Å². The van der Waals surface area contributed by atoms with Gasteiger partial charge in [0.05, 0.1) is 43.7 Å². The van der Waals surface area contributed by atoms with Gasteiger partial charge >= 0.3 is 0 Å². The lowest BCUT2D eigenvalue weighted by molar-refractivity contribution is -0.926. The van der Waals surface area contributed by atoms with E-state index in [-0.39, 0.29) is 11.6 Å². The fourth-order valence-electron chi connectivity index (χ4n) is 4.07. The van der Waals surface area contributed by atoms with Gasteiger partial charge < -0.3 is 14.5 Å². The van der Waals surface area contributed by atoms with Gasteiger partial charge in [0.2, 0.25) is 5.82 Å². The first kappa shape index (κ1) is 20.8. The van der Waals surface area contributed by atoms with E-state index >= 15 is 0 Å². The Balaban J connectivity index is 1.58. The van der Waals surface area contributed by atoms with Crippen LogP contribution in [-0.2, 0) is 5.54 Å². The molecule has 1 aliphatic rings. The average Bonchev–Trinajstić information content (AvgIpc) is 3.48. The molecule has 1 atom stereocenters. The summed E-state index contributed by atoms with van der Waals surface area (Å²) in [6, 6.07) is 12.8. The van der Waals surface area contributed by atoms with Gasteiger partial charge in [-0.15, -0.1) is 16.4 Å². The van der Waals surface area contributed by atoms with Crippen molar-refractivity contribution in [2.24, 2.45) is 0 Å².